The van der Waals surface area contributed by atoms with Gasteiger partial charge in [-0.05, 0) is 50.5 Å². The zero-order chi connectivity index (χ0) is 20.2. The van der Waals surface area contributed by atoms with Gasteiger partial charge in [0.25, 0.3) is 0 Å². The zero-order valence-corrected chi connectivity index (χ0v) is 17.3. The molecule has 2 aliphatic rings. The first-order valence-corrected chi connectivity index (χ1v) is 10.9. The number of carbonyl (C=O) groups excluding carboxylic acids is 2. The summed E-state index contributed by atoms with van der Waals surface area (Å²) in [5, 5.41) is 12.9. The van der Waals surface area contributed by atoms with E-state index >= 15 is 0 Å². The number of nitrogens with zero attached hydrogens (tertiary/aromatic N) is 4. The van der Waals surface area contributed by atoms with Gasteiger partial charge in [-0.3, -0.25) is 14.5 Å². The summed E-state index contributed by atoms with van der Waals surface area (Å²) in [5.41, 5.74) is 0.765. The molecule has 1 N–H and O–H groups in total. The van der Waals surface area contributed by atoms with Crippen LogP contribution in [0.15, 0.2) is 24.3 Å². The Bertz CT molecular complexity index is 869. The topological polar surface area (TPSA) is 87.7 Å². The van der Waals surface area contributed by atoms with Gasteiger partial charge in [-0.2, -0.15) is 0 Å². The first kappa shape index (κ1) is 19.6. The number of piperidine rings is 1. The normalized spacial score (nSPS) is 19.5. The number of benzene rings is 1. The quantitative estimate of drug-likeness (QED) is 0.781. The number of hydrogen-bond donors (Lipinski definition) is 1. The summed E-state index contributed by atoms with van der Waals surface area (Å²) in [6, 6.07) is 7.42. The standard InChI is InChI=1S/C20H25N5O3S/c1-2-28-16-9-7-15(8-10-16)21-18(27)14-5-3-11-24(13-14)19-22-23-20(29-19)25-12-4-6-17(25)26/h7-10,14H,2-6,11-13H2,1H3,(H,21,27). The lowest BCUT2D eigenvalue weighted by Crippen LogP contribution is -2.40. The SMILES string of the molecule is CCOc1ccc(NC(=O)C2CCCN(c3nnc(N4CCCC4=O)s3)C2)cc1. The lowest BCUT2D eigenvalue weighted by Gasteiger charge is -2.31. The van der Waals surface area contributed by atoms with Crippen LogP contribution in [-0.4, -0.2) is 48.3 Å². The van der Waals surface area contributed by atoms with Gasteiger partial charge in [-0.25, -0.2) is 0 Å². The Kier molecular flexibility index (Phi) is 5.94. The summed E-state index contributed by atoms with van der Waals surface area (Å²) in [5.74, 6) is 0.797. The highest BCUT2D eigenvalue weighted by molar-refractivity contribution is 7.19. The van der Waals surface area contributed by atoms with Crippen molar-refractivity contribution >= 4 is 39.1 Å². The van der Waals surface area contributed by atoms with Crippen molar-refractivity contribution in [1.82, 2.24) is 10.2 Å². The van der Waals surface area contributed by atoms with Crippen LogP contribution in [-0.2, 0) is 9.59 Å². The van der Waals surface area contributed by atoms with Gasteiger partial charge in [0.15, 0.2) is 0 Å². The number of anilines is 3. The average molecular weight is 416 g/mol. The zero-order valence-electron chi connectivity index (χ0n) is 16.5. The van der Waals surface area contributed by atoms with Crippen LogP contribution in [0.3, 0.4) is 0 Å². The van der Waals surface area contributed by atoms with Gasteiger partial charge in [-0.15, -0.1) is 10.2 Å². The molecule has 0 radical (unpaired) electrons. The Morgan fingerprint density at radius 3 is 2.72 bits per heavy atom. The summed E-state index contributed by atoms with van der Waals surface area (Å²) in [6.07, 6.45) is 3.20. The summed E-state index contributed by atoms with van der Waals surface area (Å²) in [4.78, 5) is 28.5. The Morgan fingerprint density at radius 1 is 1.21 bits per heavy atom. The van der Waals surface area contributed by atoms with E-state index in [9.17, 15) is 9.59 Å². The molecule has 8 nitrogen and oxygen atoms in total. The number of ether oxygens (including phenoxy) is 1. The molecule has 0 bridgehead atoms. The number of rotatable bonds is 6. The van der Waals surface area contributed by atoms with Gasteiger partial charge in [-0.1, -0.05) is 11.3 Å². The number of aromatic nitrogens is 2. The number of hydrogen-bond acceptors (Lipinski definition) is 7. The predicted octanol–water partition coefficient (Wildman–Crippen LogP) is 2.92. The van der Waals surface area contributed by atoms with Gasteiger partial charge in [0.1, 0.15) is 5.75 Å². The fraction of sp³-hybridized carbons (Fsp3) is 0.500. The lowest BCUT2D eigenvalue weighted by molar-refractivity contribution is -0.120. The van der Waals surface area contributed by atoms with Crippen molar-refractivity contribution in [3.8, 4) is 5.75 Å². The second-order valence-corrected chi connectivity index (χ2v) is 8.18. The molecule has 2 saturated heterocycles. The molecule has 9 heteroatoms. The van der Waals surface area contributed by atoms with Gasteiger partial charge in [0.2, 0.25) is 22.1 Å². The minimum Gasteiger partial charge on any atom is -0.494 e. The van der Waals surface area contributed by atoms with Gasteiger partial charge < -0.3 is 15.0 Å². The molecule has 3 heterocycles. The van der Waals surface area contributed by atoms with E-state index < -0.39 is 0 Å². The number of nitrogens with one attached hydrogen (secondary N) is 1. The van der Waals surface area contributed by atoms with Crippen molar-refractivity contribution in [2.45, 2.75) is 32.6 Å². The Morgan fingerprint density at radius 2 is 2.00 bits per heavy atom. The van der Waals surface area contributed by atoms with E-state index in [1.54, 1.807) is 4.90 Å². The van der Waals surface area contributed by atoms with Gasteiger partial charge in [0, 0.05) is 31.7 Å². The molecular weight excluding hydrogens is 390 g/mol. The second kappa shape index (κ2) is 8.77. The summed E-state index contributed by atoms with van der Waals surface area (Å²) in [7, 11) is 0. The first-order valence-electron chi connectivity index (χ1n) is 10.1. The minimum atomic E-state index is -0.115. The van der Waals surface area contributed by atoms with Crippen LogP contribution in [0.1, 0.15) is 32.6 Å². The average Bonchev–Trinajstić information content (AvgIpc) is 3.38. The predicted molar refractivity (Wildman–Crippen MR) is 113 cm³/mol. The van der Waals surface area contributed by atoms with E-state index in [0.717, 1.165) is 42.4 Å². The molecule has 29 heavy (non-hydrogen) atoms. The molecule has 1 unspecified atom stereocenters. The van der Waals surface area contributed by atoms with Gasteiger partial charge in [0.05, 0.1) is 12.5 Å². The molecule has 4 rings (SSSR count). The van der Waals surface area contributed by atoms with Crippen molar-refractivity contribution in [2.24, 2.45) is 5.92 Å². The van der Waals surface area contributed by atoms with E-state index in [1.807, 2.05) is 31.2 Å². The Hall–Kier alpha value is -2.68. The smallest absolute Gasteiger partial charge is 0.229 e. The third-order valence-corrected chi connectivity index (χ3v) is 6.21. The van der Waals surface area contributed by atoms with Crippen molar-refractivity contribution in [2.75, 3.05) is 41.4 Å². The maximum atomic E-state index is 12.8. The fourth-order valence-corrected chi connectivity index (χ4v) is 4.63. The van der Waals surface area contributed by atoms with E-state index in [-0.39, 0.29) is 17.7 Å². The molecule has 0 aliphatic carbocycles. The molecule has 2 fully saturated rings. The highest BCUT2D eigenvalue weighted by Gasteiger charge is 2.30. The number of amides is 2. The highest BCUT2D eigenvalue weighted by atomic mass is 32.1. The van der Waals surface area contributed by atoms with Crippen LogP contribution in [0.5, 0.6) is 5.75 Å². The summed E-state index contributed by atoms with van der Waals surface area (Å²) < 4.78 is 5.44. The van der Waals surface area contributed by atoms with E-state index in [1.165, 1.54) is 11.3 Å². The first-order chi connectivity index (χ1) is 14.1. The Labute approximate surface area is 173 Å². The third-order valence-electron chi connectivity index (χ3n) is 5.20. The molecule has 1 aromatic heterocycles. The largest absolute Gasteiger partial charge is 0.494 e. The molecular formula is C20H25N5O3S. The van der Waals surface area contributed by atoms with Crippen molar-refractivity contribution in [3.05, 3.63) is 24.3 Å². The molecule has 1 aromatic carbocycles. The molecule has 2 aliphatic heterocycles. The maximum Gasteiger partial charge on any atom is 0.229 e. The molecule has 154 valence electrons. The third kappa shape index (κ3) is 4.50. The van der Waals surface area contributed by atoms with Crippen molar-refractivity contribution < 1.29 is 14.3 Å². The van der Waals surface area contributed by atoms with Crippen LogP contribution in [0.25, 0.3) is 0 Å². The maximum absolute atomic E-state index is 12.8. The summed E-state index contributed by atoms with van der Waals surface area (Å²) >= 11 is 1.43. The molecule has 1 atom stereocenters. The molecule has 2 aromatic rings. The highest BCUT2D eigenvalue weighted by Crippen LogP contribution is 2.32. The van der Waals surface area contributed by atoms with Crippen LogP contribution >= 0.6 is 11.3 Å². The summed E-state index contributed by atoms with van der Waals surface area (Å²) in [6.45, 7) is 4.71. The van der Waals surface area contributed by atoms with E-state index in [4.69, 9.17) is 4.74 Å². The van der Waals surface area contributed by atoms with Crippen LogP contribution in [0.4, 0.5) is 16.0 Å². The van der Waals surface area contributed by atoms with Crippen LogP contribution in [0, 0.1) is 5.92 Å². The molecule has 0 saturated carbocycles. The fourth-order valence-electron chi connectivity index (χ4n) is 3.71. The van der Waals surface area contributed by atoms with Crippen LogP contribution < -0.4 is 19.9 Å². The van der Waals surface area contributed by atoms with Gasteiger partial charge >= 0.3 is 0 Å². The number of carbonyl (C=O) groups is 2. The minimum absolute atomic E-state index is 0.0123. The van der Waals surface area contributed by atoms with Crippen LogP contribution in [0.2, 0.25) is 0 Å². The van der Waals surface area contributed by atoms with Crippen molar-refractivity contribution in [1.29, 1.82) is 0 Å². The molecule has 2 amide bonds. The van der Waals surface area contributed by atoms with Crippen molar-refractivity contribution in [3.63, 3.8) is 0 Å². The van der Waals surface area contributed by atoms with E-state index in [0.29, 0.717) is 31.2 Å². The lowest BCUT2D eigenvalue weighted by atomic mass is 9.97. The monoisotopic (exact) mass is 415 g/mol. The Balaban J connectivity index is 1.37. The second-order valence-electron chi connectivity index (χ2n) is 7.25. The van der Waals surface area contributed by atoms with E-state index in [2.05, 4.69) is 20.4 Å². The molecule has 0 spiro atoms.